The van der Waals surface area contributed by atoms with E-state index in [2.05, 4.69) is 33.9 Å². The normalized spacial score (nSPS) is 23.6. The molecule has 2 aliphatic heterocycles. The Labute approximate surface area is 140 Å². The molecule has 0 bridgehead atoms. The van der Waals surface area contributed by atoms with Crippen molar-refractivity contribution < 1.29 is 4.74 Å². The molecule has 0 fully saturated rings. The molecule has 2 atom stereocenters. The number of hydrogen-bond donors (Lipinski definition) is 1. The number of nitrogens with zero attached hydrogens (tertiary/aromatic N) is 3. The van der Waals surface area contributed by atoms with Gasteiger partial charge < -0.3 is 14.6 Å². The van der Waals surface area contributed by atoms with Crippen LogP contribution < -0.4 is 4.74 Å². The fourth-order valence-electron chi connectivity index (χ4n) is 3.23. The first-order valence-corrected chi connectivity index (χ1v) is 8.78. The number of hydrogen-bond acceptors (Lipinski definition) is 5. The summed E-state index contributed by atoms with van der Waals surface area (Å²) in [4.78, 5) is 15.0. The number of thioether (sulfide) groups is 1. The molecule has 2 unspecified atom stereocenters. The number of aromatic amines is 1. The Kier molecular flexibility index (Phi) is 3.77. The molecule has 0 saturated heterocycles. The van der Waals surface area contributed by atoms with Crippen molar-refractivity contribution >= 4 is 16.9 Å². The summed E-state index contributed by atoms with van der Waals surface area (Å²) in [5.74, 6) is 0.875. The zero-order chi connectivity index (χ0) is 15.8. The van der Waals surface area contributed by atoms with Gasteiger partial charge in [0, 0.05) is 23.9 Å². The van der Waals surface area contributed by atoms with E-state index in [-0.39, 0.29) is 6.04 Å². The topological polar surface area (TPSA) is 53.5 Å². The highest BCUT2D eigenvalue weighted by molar-refractivity contribution is 8.14. The predicted molar refractivity (Wildman–Crippen MR) is 93.2 cm³/mol. The number of nitrogens with one attached hydrogen (secondary N) is 1. The molecule has 4 rings (SSSR count). The van der Waals surface area contributed by atoms with Crippen LogP contribution in [0.1, 0.15) is 29.9 Å². The lowest BCUT2D eigenvalue weighted by Gasteiger charge is -2.36. The summed E-state index contributed by atoms with van der Waals surface area (Å²) < 4.78 is 5.29. The molecule has 3 heterocycles. The molecule has 0 aliphatic carbocycles. The smallest absolute Gasteiger partial charge is 0.160 e. The van der Waals surface area contributed by atoms with Gasteiger partial charge >= 0.3 is 0 Å². The van der Waals surface area contributed by atoms with Gasteiger partial charge in [0.25, 0.3) is 0 Å². The van der Waals surface area contributed by atoms with E-state index in [0.29, 0.717) is 5.25 Å². The summed E-state index contributed by atoms with van der Waals surface area (Å²) >= 11 is 1.87. The van der Waals surface area contributed by atoms with E-state index in [1.165, 1.54) is 11.3 Å². The number of aliphatic imine (C=N–C) groups is 1. The van der Waals surface area contributed by atoms with E-state index in [9.17, 15) is 0 Å². The van der Waals surface area contributed by atoms with Gasteiger partial charge in [0.15, 0.2) is 5.17 Å². The van der Waals surface area contributed by atoms with Gasteiger partial charge in [-0.15, -0.1) is 0 Å². The number of aromatic nitrogens is 2. The third-order valence-corrected chi connectivity index (χ3v) is 5.52. The molecule has 5 nitrogen and oxygen atoms in total. The number of amidine groups is 1. The summed E-state index contributed by atoms with van der Waals surface area (Å²) in [5.41, 5.74) is 3.57. The molecule has 1 aromatic heterocycles. The SMILES string of the molecule is COc1ccc(C2c3nc[nH]c3CCN2C2=NCC(C)S2)cc1. The van der Waals surface area contributed by atoms with Crippen LogP contribution in [0.4, 0.5) is 0 Å². The van der Waals surface area contributed by atoms with Crippen molar-refractivity contribution in [1.29, 1.82) is 0 Å². The molecular formula is C17H20N4OS. The van der Waals surface area contributed by atoms with Gasteiger partial charge in [-0.25, -0.2) is 4.98 Å². The average molecular weight is 328 g/mol. The van der Waals surface area contributed by atoms with Crippen molar-refractivity contribution in [2.24, 2.45) is 4.99 Å². The fourth-order valence-corrected chi connectivity index (χ4v) is 4.22. The number of benzene rings is 1. The Morgan fingerprint density at radius 3 is 2.83 bits per heavy atom. The van der Waals surface area contributed by atoms with Crippen molar-refractivity contribution in [3.05, 3.63) is 47.5 Å². The molecule has 2 aliphatic rings. The van der Waals surface area contributed by atoms with E-state index in [4.69, 9.17) is 9.73 Å². The van der Waals surface area contributed by atoms with E-state index in [1.54, 1.807) is 13.4 Å². The lowest BCUT2D eigenvalue weighted by Crippen LogP contribution is -2.39. The highest BCUT2D eigenvalue weighted by Gasteiger charge is 2.35. The third-order valence-electron chi connectivity index (χ3n) is 4.39. The van der Waals surface area contributed by atoms with Crippen molar-refractivity contribution in [3.8, 4) is 5.75 Å². The Hall–Kier alpha value is -1.95. The molecule has 0 amide bonds. The maximum Gasteiger partial charge on any atom is 0.160 e. The van der Waals surface area contributed by atoms with Crippen LogP contribution in [0.25, 0.3) is 0 Å². The Balaban J connectivity index is 1.74. The quantitative estimate of drug-likeness (QED) is 0.921. The van der Waals surface area contributed by atoms with Gasteiger partial charge in [-0.3, -0.25) is 4.99 Å². The molecule has 0 radical (unpaired) electrons. The Bertz CT molecular complexity index is 724. The second kappa shape index (κ2) is 5.92. The van der Waals surface area contributed by atoms with Crippen LogP contribution in [0.3, 0.4) is 0 Å². The molecular weight excluding hydrogens is 308 g/mol. The van der Waals surface area contributed by atoms with Crippen molar-refractivity contribution in [3.63, 3.8) is 0 Å². The summed E-state index contributed by atoms with van der Waals surface area (Å²) in [6, 6.07) is 8.40. The zero-order valence-electron chi connectivity index (χ0n) is 13.3. The number of methoxy groups -OCH3 is 1. The molecule has 23 heavy (non-hydrogen) atoms. The molecule has 2 aromatic rings. The summed E-state index contributed by atoms with van der Waals surface area (Å²) in [5, 5.41) is 1.70. The number of imidazole rings is 1. The van der Waals surface area contributed by atoms with Crippen LogP contribution in [-0.4, -0.2) is 45.5 Å². The van der Waals surface area contributed by atoms with Crippen LogP contribution in [0, 0.1) is 0 Å². The summed E-state index contributed by atoms with van der Waals surface area (Å²) in [6.07, 6.45) is 2.78. The molecule has 1 N–H and O–H groups in total. The first-order chi connectivity index (χ1) is 11.3. The van der Waals surface area contributed by atoms with Crippen LogP contribution in [0.2, 0.25) is 0 Å². The van der Waals surface area contributed by atoms with Crippen LogP contribution in [0.15, 0.2) is 35.6 Å². The number of fused-ring (bicyclic) bond motifs is 1. The maximum absolute atomic E-state index is 5.29. The molecule has 1 aromatic carbocycles. The maximum atomic E-state index is 5.29. The second-order valence-corrected chi connectivity index (χ2v) is 7.34. The number of rotatable bonds is 2. The lowest BCUT2D eigenvalue weighted by molar-refractivity contribution is 0.337. The first-order valence-electron chi connectivity index (χ1n) is 7.90. The van der Waals surface area contributed by atoms with Gasteiger partial charge in [-0.1, -0.05) is 30.8 Å². The van der Waals surface area contributed by atoms with Crippen molar-refractivity contribution in [1.82, 2.24) is 14.9 Å². The monoisotopic (exact) mass is 328 g/mol. The largest absolute Gasteiger partial charge is 0.497 e. The minimum absolute atomic E-state index is 0.118. The zero-order valence-corrected chi connectivity index (χ0v) is 14.1. The highest BCUT2D eigenvalue weighted by Crippen LogP contribution is 2.37. The Morgan fingerprint density at radius 1 is 1.30 bits per heavy atom. The van der Waals surface area contributed by atoms with Crippen molar-refractivity contribution in [2.75, 3.05) is 20.2 Å². The summed E-state index contributed by atoms with van der Waals surface area (Å²) in [6.45, 7) is 4.09. The van der Waals surface area contributed by atoms with Gasteiger partial charge in [0.2, 0.25) is 0 Å². The first kappa shape index (κ1) is 14.6. The van der Waals surface area contributed by atoms with Gasteiger partial charge in [-0.05, 0) is 17.7 Å². The van der Waals surface area contributed by atoms with Gasteiger partial charge in [0.05, 0.1) is 25.7 Å². The molecule has 0 spiro atoms. The average Bonchev–Trinajstić information content (AvgIpc) is 3.22. The molecule has 120 valence electrons. The van der Waals surface area contributed by atoms with Crippen molar-refractivity contribution in [2.45, 2.75) is 24.6 Å². The highest BCUT2D eigenvalue weighted by atomic mass is 32.2. The minimum atomic E-state index is 0.118. The standard InChI is InChI=1S/C17H20N4OS/c1-11-9-18-17(23-11)21-8-7-14-15(20-10-19-14)16(21)12-3-5-13(22-2)6-4-12/h3-6,10-11,16H,7-9H2,1-2H3,(H,19,20). The fraction of sp³-hybridized carbons (Fsp3) is 0.412. The minimum Gasteiger partial charge on any atom is -0.497 e. The number of H-pyrrole nitrogens is 1. The summed E-state index contributed by atoms with van der Waals surface area (Å²) in [7, 11) is 1.69. The van der Waals surface area contributed by atoms with Gasteiger partial charge in [0.1, 0.15) is 11.8 Å². The number of ether oxygens (including phenoxy) is 1. The van der Waals surface area contributed by atoms with Crippen LogP contribution in [0.5, 0.6) is 5.75 Å². The van der Waals surface area contributed by atoms with E-state index in [0.717, 1.165) is 36.1 Å². The van der Waals surface area contributed by atoms with E-state index in [1.807, 2.05) is 23.9 Å². The molecule has 6 heteroatoms. The third kappa shape index (κ3) is 2.61. The second-order valence-electron chi connectivity index (χ2n) is 5.94. The van der Waals surface area contributed by atoms with E-state index < -0.39 is 0 Å². The van der Waals surface area contributed by atoms with Crippen LogP contribution in [-0.2, 0) is 6.42 Å². The lowest BCUT2D eigenvalue weighted by atomic mass is 9.96. The van der Waals surface area contributed by atoms with Gasteiger partial charge in [-0.2, -0.15) is 0 Å². The van der Waals surface area contributed by atoms with E-state index >= 15 is 0 Å². The Morgan fingerprint density at radius 2 is 2.13 bits per heavy atom. The molecule has 0 saturated carbocycles. The van der Waals surface area contributed by atoms with Crippen LogP contribution >= 0.6 is 11.8 Å². The predicted octanol–water partition coefficient (Wildman–Crippen LogP) is 2.86.